The minimum absolute atomic E-state index is 0.183. The zero-order chi connectivity index (χ0) is 13.9. The van der Waals surface area contributed by atoms with Gasteiger partial charge in [-0.05, 0) is 29.1 Å². The van der Waals surface area contributed by atoms with Crippen molar-refractivity contribution >= 4 is 13.2 Å². The normalized spacial score (nSPS) is 13.3. The molecule has 0 saturated carbocycles. The molecule has 0 heterocycles. The Balaban J connectivity index is 2.27. The lowest BCUT2D eigenvalue weighted by atomic mass is 10.2. The highest BCUT2D eigenvalue weighted by Crippen LogP contribution is 2.50. The third kappa shape index (κ3) is 3.91. The van der Waals surface area contributed by atoms with Crippen molar-refractivity contribution < 1.29 is 0 Å². The second kappa shape index (κ2) is 5.88. The lowest BCUT2D eigenvalue weighted by Gasteiger charge is -2.32. The lowest BCUT2D eigenvalue weighted by Crippen LogP contribution is -2.20. The highest BCUT2D eigenvalue weighted by Gasteiger charge is 2.25. The minimum atomic E-state index is -0.183. The molecule has 0 spiro atoms. The Kier molecular flexibility index (Phi) is 4.42. The van der Waals surface area contributed by atoms with Crippen molar-refractivity contribution in [2.75, 3.05) is 0 Å². The van der Waals surface area contributed by atoms with Gasteiger partial charge in [-0.1, -0.05) is 88.9 Å². The van der Waals surface area contributed by atoms with Gasteiger partial charge in [-0.25, -0.2) is 0 Å². The van der Waals surface area contributed by atoms with E-state index < -0.39 is 0 Å². The van der Waals surface area contributed by atoms with Gasteiger partial charge in [-0.3, -0.25) is 0 Å². The number of rotatable bonds is 3. The third-order valence-corrected chi connectivity index (χ3v) is 6.56. The van der Waals surface area contributed by atoms with Gasteiger partial charge in [0.15, 0.2) is 0 Å². The summed E-state index contributed by atoms with van der Waals surface area (Å²) in [5.74, 6) is 0. The van der Waals surface area contributed by atoms with E-state index in [0.29, 0.717) is 5.16 Å². The van der Waals surface area contributed by atoms with Gasteiger partial charge in [0, 0.05) is 0 Å². The molecular weight excluding hydrogens is 247 g/mol. The summed E-state index contributed by atoms with van der Waals surface area (Å²) in [6, 6.07) is 20.0. The van der Waals surface area contributed by atoms with Crippen molar-refractivity contribution in [3.63, 3.8) is 0 Å². The molecule has 0 aromatic heterocycles. The molecule has 0 N–H and O–H groups in total. The Morgan fingerprint density at radius 3 is 1.95 bits per heavy atom. The van der Waals surface area contributed by atoms with Crippen molar-refractivity contribution in [2.24, 2.45) is 0 Å². The average Bonchev–Trinajstić information content (AvgIpc) is 2.37. The smallest absolute Gasteiger partial charge is 0.00281 e. The lowest BCUT2D eigenvalue weighted by molar-refractivity contribution is 0.785. The van der Waals surface area contributed by atoms with Crippen LogP contribution in [0.15, 0.2) is 54.6 Å². The van der Waals surface area contributed by atoms with E-state index in [1.165, 1.54) is 22.6 Å². The molecule has 0 nitrogen and oxygen atoms in total. The summed E-state index contributed by atoms with van der Waals surface area (Å²) in [5.41, 5.74) is 2.79. The summed E-state index contributed by atoms with van der Waals surface area (Å²) in [4.78, 5) is 0. The van der Waals surface area contributed by atoms with Crippen molar-refractivity contribution in [3.8, 4) is 0 Å². The molecule has 100 valence electrons. The highest BCUT2D eigenvalue weighted by atomic mass is 31.1. The van der Waals surface area contributed by atoms with Gasteiger partial charge < -0.3 is 0 Å². The Morgan fingerprint density at radius 2 is 1.42 bits per heavy atom. The van der Waals surface area contributed by atoms with Gasteiger partial charge in [0.1, 0.15) is 0 Å². The van der Waals surface area contributed by atoms with E-state index in [2.05, 4.69) is 82.3 Å². The molecule has 2 aromatic carbocycles. The average molecular weight is 270 g/mol. The topological polar surface area (TPSA) is 0 Å². The summed E-state index contributed by atoms with van der Waals surface area (Å²) in [6.45, 7) is 9.23. The van der Waals surface area contributed by atoms with Crippen LogP contribution in [0.5, 0.6) is 0 Å². The van der Waals surface area contributed by atoms with Crippen LogP contribution in [0.1, 0.15) is 31.9 Å². The summed E-state index contributed by atoms with van der Waals surface area (Å²) >= 11 is 0. The maximum absolute atomic E-state index is 2.36. The first kappa shape index (κ1) is 14.3. The van der Waals surface area contributed by atoms with Gasteiger partial charge in [0.05, 0.1) is 0 Å². The van der Waals surface area contributed by atoms with E-state index in [1.807, 2.05) is 0 Å². The van der Waals surface area contributed by atoms with Crippen LogP contribution in [0.4, 0.5) is 0 Å². The van der Waals surface area contributed by atoms with Crippen LogP contribution < -0.4 is 5.30 Å². The van der Waals surface area contributed by atoms with Crippen molar-refractivity contribution in [1.82, 2.24) is 0 Å². The molecule has 2 rings (SSSR count). The van der Waals surface area contributed by atoms with Crippen LogP contribution in [0.25, 0.3) is 0 Å². The first-order chi connectivity index (χ1) is 8.97. The van der Waals surface area contributed by atoms with E-state index in [0.717, 1.165) is 0 Å². The van der Waals surface area contributed by atoms with Crippen molar-refractivity contribution in [3.05, 3.63) is 65.7 Å². The molecule has 1 unspecified atom stereocenters. The van der Waals surface area contributed by atoms with Crippen LogP contribution in [-0.4, -0.2) is 5.16 Å². The summed E-state index contributed by atoms with van der Waals surface area (Å²) in [5, 5.41) is 1.84. The largest absolute Gasteiger partial charge is 0.0653 e. The summed E-state index contributed by atoms with van der Waals surface area (Å²) in [6.07, 6.45) is 1.17. The van der Waals surface area contributed by atoms with E-state index in [4.69, 9.17) is 0 Å². The number of benzene rings is 2. The fourth-order valence-corrected chi connectivity index (χ4v) is 4.74. The van der Waals surface area contributed by atoms with Gasteiger partial charge in [0.2, 0.25) is 0 Å². The standard InChI is InChI=1S/C18H23P/c1-15-10-12-16(13-11-15)14-19(18(2,3)4)17-8-6-5-7-9-17/h5-13H,14H2,1-4H3. The molecule has 0 aliphatic heterocycles. The zero-order valence-electron chi connectivity index (χ0n) is 12.4. The molecule has 0 aliphatic carbocycles. The maximum Gasteiger partial charge on any atom is -0.00281 e. The Morgan fingerprint density at radius 1 is 0.842 bits per heavy atom. The molecule has 1 heteroatoms. The van der Waals surface area contributed by atoms with E-state index in [9.17, 15) is 0 Å². The third-order valence-electron chi connectivity index (χ3n) is 3.34. The second-order valence-electron chi connectivity index (χ2n) is 6.08. The SMILES string of the molecule is Cc1ccc(CP(c2ccccc2)C(C)(C)C)cc1. The van der Waals surface area contributed by atoms with Gasteiger partial charge in [-0.15, -0.1) is 0 Å². The Labute approximate surface area is 118 Å². The minimum Gasteiger partial charge on any atom is -0.0653 e. The predicted octanol–water partition coefficient (Wildman–Crippen LogP) is 5.10. The maximum atomic E-state index is 2.36. The van der Waals surface area contributed by atoms with E-state index in [1.54, 1.807) is 0 Å². The van der Waals surface area contributed by atoms with Crippen LogP contribution in [0.2, 0.25) is 0 Å². The van der Waals surface area contributed by atoms with Crippen molar-refractivity contribution in [1.29, 1.82) is 0 Å². The summed E-state index contributed by atoms with van der Waals surface area (Å²) < 4.78 is 0. The molecule has 0 amide bonds. The van der Waals surface area contributed by atoms with Gasteiger partial charge in [0.25, 0.3) is 0 Å². The monoisotopic (exact) mass is 270 g/mol. The van der Waals surface area contributed by atoms with E-state index >= 15 is 0 Å². The molecule has 0 fully saturated rings. The number of aryl methyl sites for hydroxylation is 1. The zero-order valence-corrected chi connectivity index (χ0v) is 13.2. The molecule has 0 radical (unpaired) electrons. The number of hydrogen-bond donors (Lipinski definition) is 0. The fraction of sp³-hybridized carbons (Fsp3) is 0.333. The summed E-state index contributed by atoms with van der Waals surface area (Å²) in [7, 11) is -0.183. The highest BCUT2D eigenvalue weighted by molar-refractivity contribution is 7.66. The molecule has 0 saturated heterocycles. The Bertz CT molecular complexity index is 506. The van der Waals surface area contributed by atoms with Gasteiger partial charge >= 0.3 is 0 Å². The van der Waals surface area contributed by atoms with Gasteiger partial charge in [-0.2, -0.15) is 0 Å². The fourth-order valence-electron chi connectivity index (χ4n) is 2.20. The molecule has 0 aliphatic rings. The first-order valence-electron chi connectivity index (χ1n) is 6.85. The van der Waals surface area contributed by atoms with Crippen molar-refractivity contribution in [2.45, 2.75) is 39.0 Å². The second-order valence-corrected chi connectivity index (χ2v) is 9.11. The molecule has 2 aromatic rings. The molecule has 19 heavy (non-hydrogen) atoms. The number of hydrogen-bond acceptors (Lipinski definition) is 0. The van der Waals surface area contributed by atoms with Crippen LogP contribution in [-0.2, 0) is 6.16 Å². The molecule has 1 atom stereocenters. The van der Waals surface area contributed by atoms with Crippen LogP contribution in [0, 0.1) is 6.92 Å². The quantitative estimate of drug-likeness (QED) is 0.681. The first-order valence-corrected chi connectivity index (χ1v) is 8.38. The molecule has 0 bridgehead atoms. The molecular formula is C18H23P. The predicted molar refractivity (Wildman–Crippen MR) is 87.6 cm³/mol. The Hall–Kier alpha value is -1.13. The van der Waals surface area contributed by atoms with Crippen LogP contribution in [0.3, 0.4) is 0 Å². The van der Waals surface area contributed by atoms with E-state index in [-0.39, 0.29) is 7.92 Å². The van der Waals surface area contributed by atoms with Crippen LogP contribution >= 0.6 is 7.92 Å².